The molecule has 0 saturated carbocycles. The summed E-state index contributed by atoms with van der Waals surface area (Å²) in [7, 11) is 0. The molecular formula is C28H31F3O. The third-order valence-corrected chi connectivity index (χ3v) is 5.63. The van der Waals surface area contributed by atoms with E-state index in [1.807, 2.05) is 42.5 Å². The second-order valence-electron chi connectivity index (χ2n) is 9.19. The Kier molecular flexibility index (Phi) is 7.33. The molecule has 0 bridgehead atoms. The highest BCUT2D eigenvalue weighted by Gasteiger charge is 2.34. The number of ether oxygens (including phenoxy) is 1. The van der Waals surface area contributed by atoms with Crippen molar-refractivity contribution < 1.29 is 17.9 Å². The normalized spacial score (nSPS) is 13.1. The van der Waals surface area contributed by atoms with E-state index in [0.29, 0.717) is 5.56 Å². The average Bonchev–Trinajstić information content (AvgIpc) is 2.76. The zero-order valence-corrected chi connectivity index (χ0v) is 19.2. The van der Waals surface area contributed by atoms with Crippen LogP contribution in [-0.2, 0) is 11.6 Å². The van der Waals surface area contributed by atoms with E-state index in [9.17, 15) is 13.2 Å². The lowest BCUT2D eigenvalue weighted by Gasteiger charge is -2.22. The lowest BCUT2D eigenvalue weighted by atomic mass is 9.86. The summed E-state index contributed by atoms with van der Waals surface area (Å²) < 4.78 is 48.1. The van der Waals surface area contributed by atoms with Crippen molar-refractivity contribution in [3.05, 3.63) is 89.5 Å². The Hall–Kier alpha value is -2.75. The van der Waals surface area contributed by atoms with Crippen LogP contribution < -0.4 is 4.74 Å². The summed E-state index contributed by atoms with van der Waals surface area (Å²) in [6, 6.07) is 21.3. The fourth-order valence-corrected chi connectivity index (χ4v) is 3.75. The molecule has 1 atom stereocenters. The highest BCUT2D eigenvalue weighted by atomic mass is 19.4. The van der Waals surface area contributed by atoms with Gasteiger partial charge in [-0.1, -0.05) is 94.8 Å². The molecule has 0 heterocycles. The van der Waals surface area contributed by atoms with Crippen molar-refractivity contribution >= 4 is 0 Å². The number of halogens is 3. The number of hydrogen-bond acceptors (Lipinski definition) is 1. The number of alkyl halides is 3. The van der Waals surface area contributed by atoms with E-state index < -0.39 is 11.7 Å². The summed E-state index contributed by atoms with van der Waals surface area (Å²) >= 11 is 0. The largest absolute Gasteiger partial charge is 0.486 e. The van der Waals surface area contributed by atoms with Gasteiger partial charge in [-0.25, -0.2) is 0 Å². The average molecular weight is 441 g/mol. The topological polar surface area (TPSA) is 9.23 Å². The fourth-order valence-electron chi connectivity index (χ4n) is 3.75. The van der Waals surface area contributed by atoms with Crippen molar-refractivity contribution in [2.75, 3.05) is 0 Å². The van der Waals surface area contributed by atoms with Crippen molar-refractivity contribution in [2.24, 2.45) is 0 Å². The summed E-state index contributed by atoms with van der Waals surface area (Å²) in [6.07, 6.45) is -2.09. The Morgan fingerprint density at radius 2 is 1.50 bits per heavy atom. The Labute approximate surface area is 189 Å². The first-order valence-electron chi connectivity index (χ1n) is 11.1. The van der Waals surface area contributed by atoms with Gasteiger partial charge < -0.3 is 4.74 Å². The van der Waals surface area contributed by atoms with E-state index in [-0.39, 0.29) is 22.8 Å². The van der Waals surface area contributed by atoms with Crippen molar-refractivity contribution in [1.82, 2.24) is 0 Å². The fraction of sp³-hybridized carbons (Fsp3) is 0.357. The number of hydrogen-bond donors (Lipinski definition) is 0. The molecular weight excluding hydrogens is 409 g/mol. The second kappa shape index (κ2) is 9.81. The predicted molar refractivity (Wildman–Crippen MR) is 125 cm³/mol. The van der Waals surface area contributed by atoms with Crippen molar-refractivity contribution in [2.45, 2.75) is 64.7 Å². The summed E-state index contributed by atoms with van der Waals surface area (Å²) in [5.74, 6) is 0.234. The van der Waals surface area contributed by atoms with Gasteiger partial charge in [-0.2, -0.15) is 13.2 Å². The highest BCUT2D eigenvalue weighted by molar-refractivity contribution is 5.69. The summed E-state index contributed by atoms with van der Waals surface area (Å²) in [4.78, 5) is 0. The minimum atomic E-state index is -4.48. The van der Waals surface area contributed by atoms with Crippen LogP contribution in [0.4, 0.5) is 13.2 Å². The van der Waals surface area contributed by atoms with Crippen LogP contribution in [0.5, 0.6) is 5.75 Å². The van der Waals surface area contributed by atoms with Crippen LogP contribution >= 0.6 is 0 Å². The molecule has 4 heteroatoms. The highest BCUT2D eigenvalue weighted by Crippen LogP contribution is 2.40. The van der Waals surface area contributed by atoms with Crippen LogP contribution in [0.3, 0.4) is 0 Å². The molecule has 0 amide bonds. The predicted octanol–water partition coefficient (Wildman–Crippen LogP) is 8.98. The van der Waals surface area contributed by atoms with Gasteiger partial charge in [0.15, 0.2) is 0 Å². The van der Waals surface area contributed by atoms with Gasteiger partial charge in [0.05, 0.1) is 5.56 Å². The Morgan fingerprint density at radius 3 is 2.06 bits per heavy atom. The molecule has 0 spiro atoms. The molecule has 1 unspecified atom stereocenters. The second-order valence-corrected chi connectivity index (χ2v) is 9.19. The van der Waals surface area contributed by atoms with Gasteiger partial charge in [0.25, 0.3) is 0 Å². The van der Waals surface area contributed by atoms with Crippen molar-refractivity contribution in [1.29, 1.82) is 0 Å². The van der Waals surface area contributed by atoms with E-state index in [0.717, 1.165) is 36.5 Å². The Morgan fingerprint density at radius 1 is 0.844 bits per heavy atom. The van der Waals surface area contributed by atoms with Crippen LogP contribution in [0.2, 0.25) is 0 Å². The van der Waals surface area contributed by atoms with Crippen LogP contribution in [0, 0.1) is 0 Å². The minimum Gasteiger partial charge on any atom is -0.486 e. The molecule has 3 aromatic rings. The van der Waals surface area contributed by atoms with Gasteiger partial charge in [0.2, 0.25) is 0 Å². The summed E-state index contributed by atoms with van der Waals surface area (Å²) in [5.41, 5.74) is 2.01. The van der Waals surface area contributed by atoms with Gasteiger partial charge in [-0.3, -0.25) is 0 Å². The quantitative estimate of drug-likeness (QED) is 0.356. The lowest BCUT2D eigenvalue weighted by Crippen LogP contribution is -2.12. The van der Waals surface area contributed by atoms with E-state index in [2.05, 4.69) is 27.7 Å². The van der Waals surface area contributed by atoms with Gasteiger partial charge in [0.1, 0.15) is 11.9 Å². The van der Waals surface area contributed by atoms with E-state index in [4.69, 9.17) is 4.74 Å². The van der Waals surface area contributed by atoms with E-state index in [1.165, 1.54) is 6.07 Å². The number of unbranched alkanes of at least 4 members (excludes halogenated alkanes) is 1. The Balaban J connectivity index is 1.96. The molecule has 0 aliphatic rings. The van der Waals surface area contributed by atoms with Crippen molar-refractivity contribution in [3.63, 3.8) is 0 Å². The van der Waals surface area contributed by atoms with Gasteiger partial charge in [0, 0.05) is 0 Å². The smallest absolute Gasteiger partial charge is 0.417 e. The number of rotatable bonds is 7. The summed E-state index contributed by atoms with van der Waals surface area (Å²) in [5, 5.41) is 0. The van der Waals surface area contributed by atoms with E-state index >= 15 is 0 Å². The molecule has 32 heavy (non-hydrogen) atoms. The molecule has 170 valence electrons. The first kappa shape index (κ1) is 23.9. The maximum Gasteiger partial charge on any atom is 0.417 e. The monoisotopic (exact) mass is 440 g/mol. The zero-order valence-electron chi connectivity index (χ0n) is 19.2. The molecule has 0 aliphatic carbocycles. The van der Waals surface area contributed by atoms with Crippen molar-refractivity contribution in [3.8, 4) is 16.9 Å². The molecule has 1 nitrogen and oxygen atoms in total. The SMILES string of the molecule is CCCCC(Oc1ccc(-c2ccc(C(C)(C)C)cc2)c(C(F)(F)F)c1)c1ccccc1. The maximum absolute atomic E-state index is 14.0. The minimum absolute atomic E-state index is 0.0615. The molecule has 0 aromatic heterocycles. The summed E-state index contributed by atoms with van der Waals surface area (Å²) in [6.45, 7) is 8.33. The molecule has 0 N–H and O–H groups in total. The van der Waals surface area contributed by atoms with Gasteiger partial charge in [-0.15, -0.1) is 0 Å². The Bertz CT molecular complexity index is 1000. The molecule has 0 radical (unpaired) electrons. The zero-order chi connectivity index (χ0) is 23.4. The molecule has 3 rings (SSSR count). The van der Waals surface area contributed by atoms with Crippen LogP contribution in [0.15, 0.2) is 72.8 Å². The van der Waals surface area contributed by atoms with Crippen LogP contribution in [0.1, 0.15) is 69.8 Å². The van der Waals surface area contributed by atoms with Crippen LogP contribution in [0.25, 0.3) is 11.1 Å². The van der Waals surface area contributed by atoms with Crippen LogP contribution in [-0.4, -0.2) is 0 Å². The van der Waals surface area contributed by atoms with Gasteiger partial charge >= 0.3 is 6.18 Å². The molecule has 0 fully saturated rings. The maximum atomic E-state index is 14.0. The first-order valence-corrected chi connectivity index (χ1v) is 11.1. The molecule has 0 aliphatic heterocycles. The third-order valence-electron chi connectivity index (χ3n) is 5.63. The first-order chi connectivity index (χ1) is 15.1. The molecule has 0 saturated heterocycles. The molecule has 3 aromatic carbocycles. The third kappa shape index (κ3) is 5.93. The van der Waals surface area contributed by atoms with Gasteiger partial charge in [-0.05, 0) is 52.6 Å². The standard InChI is InChI=1S/C28H31F3O/c1-5-6-12-26(21-10-8-7-9-11-21)32-23-17-18-24(25(19-23)28(29,30)31)20-13-15-22(16-14-20)27(2,3)4/h7-11,13-19,26H,5-6,12H2,1-4H3. The lowest BCUT2D eigenvalue weighted by molar-refractivity contribution is -0.137. The van der Waals surface area contributed by atoms with E-state index in [1.54, 1.807) is 18.2 Å². The number of benzene rings is 3.